The Morgan fingerprint density at radius 1 is 0.464 bits per heavy atom. The third-order valence-electron chi connectivity index (χ3n) is 16.6. The fourth-order valence-corrected chi connectivity index (χ4v) is 26.3. The van der Waals surface area contributed by atoms with Crippen LogP contribution in [0.5, 0.6) is 0 Å². The Balaban J connectivity index is 1.11. The lowest BCUT2D eigenvalue weighted by molar-refractivity contribution is -0.248. The second-order valence-corrected chi connectivity index (χ2v) is 30.3. The van der Waals surface area contributed by atoms with E-state index in [-0.39, 0.29) is 118 Å². The molecule has 0 heterocycles. The van der Waals surface area contributed by atoms with E-state index in [1.54, 1.807) is 0 Å². The largest absolute Gasteiger partial charge is 0.439 e. The van der Waals surface area contributed by atoms with Gasteiger partial charge < -0.3 is 0 Å². The number of halogens is 6. The van der Waals surface area contributed by atoms with E-state index in [1.165, 1.54) is 0 Å². The van der Waals surface area contributed by atoms with E-state index >= 15 is 26.3 Å². The maximum atomic E-state index is 16.6. The Morgan fingerprint density at radius 2 is 0.732 bits per heavy atom. The Hall–Kier alpha value is -0.660. The summed E-state index contributed by atoms with van der Waals surface area (Å²) in [6.45, 7) is -0.0589. The number of rotatable bonds is 13. The molecule has 9 nitrogen and oxygen atoms in total. The number of alkyl halides is 6. The quantitative estimate of drug-likeness (QED) is 0.136. The van der Waals surface area contributed by atoms with Crippen LogP contribution in [0.4, 0.5) is 26.3 Å². The van der Waals surface area contributed by atoms with Gasteiger partial charge >= 0.3 is 26.5 Å². The number of sulfone groups is 3. The van der Waals surface area contributed by atoms with Gasteiger partial charge in [-0.25, -0.2) is 25.3 Å². The van der Waals surface area contributed by atoms with Gasteiger partial charge in [-0.2, -0.15) is 34.8 Å². The summed E-state index contributed by atoms with van der Waals surface area (Å²) >= 11 is 0. The summed E-state index contributed by atoms with van der Waals surface area (Å²) in [6.07, 6.45) is 7.57. The van der Waals surface area contributed by atoms with Crippen molar-refractivity contribution in [3.8, 4) is 0 Å². The molecule has 0 atom stereocenters. The molecule has 0 unspecified atom stereocenters. The third kappa shape index (κ3) is 5.61. The zero-order chi connectivity index (χ0) is 40.5. The van der Waals surface area contributed by atoms with Crippen molar-refractivity contribution >= 4 is 39.6 Å². The molecule has 12 aliphatic rings. The average molecular weight is 883 g/mol. The van der Waals surface area contributed by atoms with Crippen LogP contribution in [0.1, 0.15) is 122 Å². The monoisotopic (exact) mass is 882 g/mol. The van der Waals surface area contributed by atoms with E-state index in [0.717, 1.165) is 38.5 Å². The van der Waals surface area contributed by atoms with Gasteiger partial charge in [0.05, 0.1) is 17.1 Å². The molecule has 12 fully saturated rings. The summed E-state index contributed by atoms with van der Waals surface area (Å²) in [6, 6.07) is 0. The minimum atomic E-state index is -7.80. The van der Waals surface area contributed by atoms with E-state index in [2.05, 4.69) is 0 Å². The third-order valence-corrected chi connectivity index (χ3v) is 28.6. The summed E-state index contributed by atoms with van der Waals surface area (Å²) in [5.74, 6) is -10.2. The lowest BCUT2D eigenvalue weighted by Gasteiger charge is -2.57. The van der Waals surface area contributed by atoms with Gasteiger partial charge in [0.1, 0.15) is 0 Å². The standard InChI is InChI=1S/C37H52F6O9S4/c1-31(53(44,45)20-32-11-22-2-23(12-32)4-24(3-22)13-32,54(46,47)21-33-14-25-5-26(15-33)7-27(6-25)16-33)55(48,49)36(40,41)35(38,39)37(42,43)56(50,51)52-34-17-28-8-29(18-34)10-30(9-28)19-34/h22-30H,2-21H2,1H3. The van der Waals surface area contributed by atoms with Gasteiger partial charge in [-0.1, -0.05) is 0 Å². The Kier molecular flexibility index (Phi) is 8.75. The van der Waals surface area contributed by atoms with Crippen LogP contribution >= 0.6 is 0 Å². The van der Waals surface area contributed by atoms with Gasteiger partial charge in [0.2, 0.25) is 0 Å². The van der Waals surface area contributed by atoms with Gasteiger partial charge in [0, 0.05) is 0 Å². The zero-order valence-corrected chi connectivity index (χ0v) is 34.7. The van der Waals surface area contributed by atoms with Crippen molar-refractivity contribution in [2.45, 2.75) is 148 Å². The van der Waals surface area contributed by atoms with E-state index in [0.29, 0.717) is 19.3 Å². The van der Waals surface area contributed by atoms with Crippen LogP contribution in [-0.2, 0) is 43.8 Å². The van der Waals surface area contributed by atoms with Crippen LogP contribution in [0.3, 0.4) is 0 Å². The topological polar surface area (TPSA) is 146 Å². The van der Waals surface area contributed by atoms with Crippen LogP contribution in [0.15, 0.2) is 0 Å². The molecule has 0 N–H and O–H groups in total. The van der Waals surface area contributed by atoms with Crippen molar-refractivity contribution < 1.29 is 64.2 Å². The molecule has 19 heteroatoms. The van der Waals surface area contributed by atoms with Gasteiger partial charge in [-0.3, -0.25) is 4.18 Å². The molecule has 0 amide bonds. The lowest BCUT2D eigenvalue weighted by atomic mass is 9.50. The number of hydrogen-bond acceptors (Lipinski definition) is 9. The van der Waals surface area contributed by atoms with Crippen LogP contribution in [0.25, 0.3) is 0 Å². The lowest BCUT2D eigenvalue weighted by Crippen LogP contribution is -2.68. The molecule has 12 rings (SSSR count). The van der Waals surface area contributed by atoms with Crippen LogP contribution in [0.2, 0.25) is 0 Å². The molecule has 0 aromatic carbocycles. The first kappa shape index (κ1) is 40.7. The highest BCUT2D eigenvalue weighted by atomic mass is 32.3. The van der Waals surface area contributed by atoms with Crippen LogP contribution in [0, 0.1) is 64.1 Å². The van der Waals surface area contributed by atoms with E-state index in [9.17, 15) is 33.7 Å². The summed E-state index contributed by atoms with van der Waals surface area (Å²) in [7, 11) is -26.8. The van der Waals surface area contributed by atoms with E-state index in [4.69, 9.17) is 4.18 Å². The highest BCUT2D eigenvalue weighted by Crippen LogP contribution is 2.65. The Labute approximate surface area is 326 Å². The molecule has 320 valence electrons. The first-order valence-corrected chi connectivity index (χ1v) is 26.5. The summed E-state index contributed by atoms with van der Waals surface area (Å²) < 4.78 is 212. The first-order chi connectivity index (χ1) is 25.6. The highest BCUT2D eigenvalue weighted by molar-refractivity contribution is 8.26. The summed E-state index contributed by atoms with van der Waals surface area (Å²) in [4.78, 5) is 0. The van der Waals surface area contributed by atoms with E-state index < -0.39 is 87.4 Å². The molecule has 0 saturated heterocycles. The van der Waals surface area contributed by atoms with Crippen LogP contribution in [-0.4, -0.2) is 70.6 Å². The molecular formula is C37H52F6O9S4. The second kappa shape index (κ2) is 12.0. The Bertz CT molecular complexity index is 1940. The van der Waals surface area contributed by atoms with E-state index in [1.807, 2.05) is 0 Å². The maximum absolute atomic E-state index is 16.6. The first-order valence-electron chi connectivity index (χ1n) is 20.3. The highest BCUT2D eigenvalue weighted by Gasteiger charge is 2.87. The maximum Gasteiger partial charge on any atom is 0.439 e. The molecule has 12 aliphatic carbocycles. The second-order valence-electron chi connectivity index (χ2n) is 21.0. The van der Waals surface area contributed by atoms with Crippen molar-refractivity contribution in [3.63, 3.8) is 0 Å². The molecule has 12 saturated carbocycles. The van der Waals surface area contributed by atoms with Crippen molar-refractivity contribution in [2.75, 3.05) is 11.5 Å². The molecule has 0 spiro atoms. The molecule has 56 heavy (non-hydrogen) atoms. The summed E-state index contributed by atoms with van der Waals surface area (Å²) in [5.41, 5.74) is -4.33. The predicted octanol–water partition coefficient (Wildman–Crippen LogP) is 7.47. The van der Waals surface area contributed by atoms with Crippen molar-refractivity contribution in [3.05, 3.63) is 0 Å². The zero-order valence-electron chi connectivity index (χ0n) is 31.4. The smallest absolute Gasteiger partial charge is 0.259 e. The van der Waals surface area contributed by atoms with Crippen LogP contribution < -0.4 is 0 Å². The number of hydrogen-bond donors (Lipinski definition) is 0. The summed E-state index contributed by atoms with van der Waals surface area (Å²) in [5, 5.41) is -14.1. The predicted molar refractivity (Wildman–Crippen MR) is 192 cm³/mol. The normalized spacial score (nSPS) is 44.4. The molecule has 0 aromatic rings. The van der Waals surface area contributed by atoms with Crippen molar-refractivity contribution in [2.24, 2.45) is 64.1 Å². The molecular weight excluding hydrogens is 831 g/mol. The minimum Gasteiger partial charge on any atom is -0.259 e. The molecule has 12 bridgehead atoms. The molecule has 0 radical (unpaired) electrons. The van der Waals surface area contributed by atoms with Gasteiger partial charge in [-0.05, 0) is 187 Å². The van der Waals surface area contributed by atoms with Gasteiger partial charge in [0.15, 0.2) is 19.7 Å². The van der Waals surface area contributed by atoms with Crippen molar-refractivity contribution in [1.82, 2.24) is 0 Å². The van der Waals surface area contributed by atoms with Crippen molar-refractivity contribution in [1.29, 1.82) is 0 Å². The van der Waals surface area contributed by atoms with Gasteiger partial charge in [-0.15, -0.1) is 0 Å². The fourth-order valence-electron chi connectivity index (χ4n) is 15.7. The SMILES string of the molecule is CC(S(=O)(=O)CC12CC3CC(CC(C3)C1)C2)(S(=O)(=O)CC12CC3CC(CC(C3)C1)C2)S(=O)(=O)C(F)(F)C(F)(F)C(F)(F)S(=O)(=O)OC12CC3CC(CC(C3)C1)C2. The molecule has 0 aromatic heterocycles. The Morgan fingerprint density at radius 3 is 1.02 bits per heavy atom. The minimum absolute atomic E-state index is 0.0200. The average Bonchev–Trinajstić information content (AvgIpc) is 3.00. The van der Waals surface area contributed by atoms with Gasteiger partial charge in [0.25, 0.3) is 13.2 Å². The molecule has 0 aliphatic heterocycles. The fraction of sp³-hybridized carbons (Fsp3) is 1.00.